The number of benzene rings is 2. The van der Waals surface area contributed by atoms with Crippen molar-refractivity contribution in [2.45, 2.75) is 19.5 Å². The van der Waals surface area contributed by atoms with Gasteiger partial charge in [-0.1, -0.05) is 35.4 Å². The van der Waals surface area contributed by atoms with Gasteiger partial charge in [-0.05, 0) is 17.7 Å². The quantitative estimate of drug-likeness (QED) is 0.338. The van der Waals surface area contributed by atoms with Crippen molar-refractivity contribution in [3.63, 3.8) is 0 Å². The third kappa shape index (κ3) is 9.50. The molecule has 3 aromatic carbocycles. The van der Waals surface area contributed by atoms with E-state index in [0.717, 1.165) is 11.4 Å². The molecule has 27 heavy (non-hydrogen) atoms. The number of hydrogen-bond donors (Lipinski definition) is 0. The molecule has 0 spiro atoms. The minimum Gasteiger partial charge on any atom is -1.00 e. The Bertz CT molecular complexity index is 866. The summed E-state index contributed by atoms with van der Waals surface area (Å²) in [6, 6.07) is 20.7. The third-order valence-corrected chi connectivity index (χ3v) is 3.67. The average molecular weight is 511 g/mol. The van der Waals surface area contributed by atoms with Crippen molar-refractivity contribution in [2.75, 3.05) is 0 Å². The van der Waals surface area contributed by atoms with Gasteiger partial charge in [0.15, 0.2) is 0 Å². The fourth-order valence-corrected chi connectivity index (χ4v) is 2.51. The maximum absolute atomic E-state index is 5.90. The van der Waals surface area contributed by atoms with Gasteiger partial charge in [0.05, 0.1) is 0 Å². The Hall–Kier alpha value is -0.500. The fraction of sp³-hybridized carbons (Fsp3) is 0.136. The maximum Gasteiger partial charge on any atom is 0.0406 e. The molecule has 0 radical (unpaired) electrons. The third-order valence-electron chi connectivity index (χ3n) is 3.42. The summed E-state index contributed by atoms with van der Waals surface area (Å²) in [6.07, 6.45) is 10.0. The molecule has 0 N–H and O–H groups in total. The molecular formula is C22H21Cl3SiZr-2. The van der Waals surface area contributed by atoms with E-state index in [2.05, 4.69) is 73.8 Å². The van der Waals surface area contributed by atoms with Crippen LogP contribution in [0.3, 0.4) is 0 Å². The second-order valence-corrected chi connectivity index (χ2v) is 15.7. The Morgan fingerprint density at radius 1 is 1.04 bits per heavy atom. The molecule has 140 valence electrons. The van der Waals surface area contributed by atoms with Gasteiger partial charge in [-0.25, -0.2) is 12.2 Å². The number of hydrogen-bond acceptors (Lipinski definition) is 0. The molecule has 4 rings (SSSR count). The molecule has 0 aromatic heterocycles. The normalized spacial score (nSPS) is 10.7. The zero-order valence-corrected chi connectivity index (χ0v) is 21.1. The van der Waals surface area contributed by atoms with Crippen LogP contribution in [0.25, 0.3) is 21.9 Å². The molecule has 0 saturated heterocycles. The molecule has 0 bridgehead atoms. The van der Waals surface area contributed by atoms with Crippen LogP contribution >= 0.6 is 11.6 Å². The van der Waals surface area contributed by atoms with Gasteiger partial charge in [0.1, 0.15) is 0 Å². The molecule has 1 aliphatic carbocycles. The van der Waals surface area contributed by atoms with Crippen molar-refractivity contribution in [1.29, 1.82) is 0 Å². The molecule has 1 aliphatic rings. The van der Waals surface area contributed by atoms with Crippen LogP contribution in [0.4, 0.5) is 0 Å². The van der Waals surface area contributed by atoms with E-state index < -0.39 is 0 Å². The molecule has 0 unspecified atom stereocenters. The van der Waals surface area contributed by atoms with Crippen molar-refractivity contribution in [3.05, 3.63) is 90.0 Å². The smallest absolute Gasteiger partial charge is 0.0406 e. The van der Waals surface area contributed by atoms with Crippen molar-refractivity contribution < 1.29 is 48.1 Å². The molecule has 3 aromatic rings. The molecule has 0 amide bonds. The van der Waals surface area contributed by atoms with Gasteiger partial charge >= 0.3 is 41.9 Å². The molecular weight excluding hydrogens is 490 g/mol. The predicted molar refractivity (Wildman–Crippen MR) is 109 cm³/mol. The van der Waals surface area contributed by atoms with Gasteiger partial charge in [0, 0.05) is 5.02 Å². The van der Waals surface area contributed by atoms with E-state index in [4.69, 9.17) is 11.6 Å². The summed E-state index contributed by atoms with van der Waals surface area (Å²) in [6.45, 7) is 4.62. The second-order valence-electron chi connectivity index (χ2n) is 5.84. The number of allylic oxidation sites excluding steroid dienone is 4. The minimum atomic E-state index is 0. The van der Waals surface area contributed by atoms with Gasteiger partial charge in [0.2, 0.25) is 0 Å². The summed E-state index contributed by atoms with van der Waals surface area (Å²) >= 11 is 7.63. The Morgan fingerprint density at radius 2 is 1.70 bits per heavy atom. The zero-order valence-electron chi connectivity index (χ0n) is 15.3. The second kappa shape index (κ2) is 14.5. The summed E-state index contributed by atoms with van der Waals surface area (Å²) < 4.78 is 0. The minimum absolute atomic E-state index is 0. The molecule has 0 nitrogen and oxygen atoms in total. The van der Waals surface area contributed by atoms with Crippen LogP contribution < -0.4 is 24.8 Å². The Balaban J connectivity index is 0.000000518. The largest absolute Gasteiger partial charge is 1.00 e. The van der Waals surface area contributed by atoms with E-state index in [0.29, 0.717) is 0 Å². The molecule has 0 atom stereocenters. The summed E-state index contributed by atoms with van der Waals surface area (Å²) in [5.41, 5.74) is 2.68. The van der Waals surface area contributed by atoms with Crippen LogP contribution in [0.5, 0.6) is 0 Å². The van der Waals surface area contributed by atoms with Crippen LogP contribution in [0, 0.1) is 6.08 Å². The van der Waals surface area contributed by atoms with Crippen LogP contribution in [0.1, 0.15) is 6.42 Å². The van der Waals surface area contributed by atoms with Gasteiger partial charge in [-0.15, -0.1) is 35.4 Å². The monoisotopic (exact) mass is 508 g/mol. The Labute approximate surface area is 195 Å². The zero-order chi connectivity index (χ0) is 18.1. The van der Waals surface area contributed by atoms with Crippen LogP contribution in [0.15, 0.2) is 78.9 Å². The van der Waals surface area contributed by atoms with Crippen LogP contribution in [-0.4, -0.2) is 5.43 Å². The molecule has 0 aliphatic heterocycles. The van der Waals surface area contributed by atoms with Gasteiger partial charge < -0.3 is 24.8 Å². The summed E-state index contributed by atoms with van der Waals surface area (Å²) in [4.78, 5) is 0. The number of rotatable bonds is 1. The standard InChI is InChI=1S/C15H10Cl.C5H5.C2H6Si.2ClH.Zr/c16-13-9-7-12(8-10-13)15-6-2-4-11-3-1-5-14(11)15;1-2-4-5-3-1;1-3-2;;;/h1-10H;1-3H,4H2;1-2H3;2*1H;/q2*-1;;;;+2/p-2. The first-order valence-electron chi connectivity index (χ1n) is 8.22. The first-order chi connectivity index (χ1) is 12.1. The summed E-state index contributed by atoms with van der Waals surface area (Å²) in [5.74, 6) is 0. The predicted octanol–water partition coefficient (Wildman–Crippen LogP) is 0.977. The van der Waals surface area contributed by atoms with Crippen molar-refractivity contribution in [3.8, 4) is 11.1 Å². The average Bonchev–Trinajstić information content (AvgIpc) is 3.29. The van der Waals surface area contributed by atoms with Crippen LogP contribution in [0.2, 0.25) is 18.1 Å². The number of halogens is 3. The van der Waals surface area contributed by atoms with E-state index in [1.54, 1.807) is 23.3 Å². The first kappa shape index (κ1) is 26.5. The molecule has 0 saturated carbocycles. The van der Waals surface area contributed by atoms with E-state index in [-0.39, 0.29) is 30.2 Å². The van der Waals surface area contributed by atoms with Gasteiger partial charge in [0.25, 0.3) is 0 Å². The van der Waals surface area contributed by atoms with E-state index in [1.807, 2.05) is 24.3 Å². The van der Waals surface area contributed by atoms with E-state index in [9.17, 15) is 0 Å². The van der Waals surface area contributed by atoms with Crippen molar-refractivity contribution in [1.82, 2.24) is 0 Å². The van der Waals surface area contributed by atoms with E-state index in [1.165, 1.54) is 21.9 Å². The van der Waals surface area contributed by atoms with Crippen molar-refractivity contribution in [2.24, 2.45) is 0 Å². The molecule has 5 heteroatoms. The first-order valence-corrected chi connectivity index (χ1v) is 14.8. The van der Waals surface area contributed by atoms with Crippen molar-refractivity contribution >= 4 is 27.8 Å². The molecule has 0 heterocycles. The van der Waals surface area contributed by atoms with Gasteiger partial charge in [-0.3, -0.25) is 6.08 Å². The summed E-state index contributed by atoms with van der Waals surface area (Å²) in [5, 5.41) is 3.36. The molecule has 0 fully saturated rings. The Morgan fingerprint density at radius 3 is 2.22 bits per heavy atom. The number of fused-ring (bicyclic) bond motifs is 1. The van der Waals surface area contributed by atoms with Crippen LogP contribution in [-0.2, 0) is 23.3 Å². The van der Waals surface area contributed by atoms with Gasteiger partial charge in [-0.2, -0.15) is 18.2 Å². The maximum atomic E-state index is 5.90. The van der Waals surface area contributed by atoms with E-state index >= 15 is 0 Å². The topological polar surface area (TPSA) is 0 Å². The summed E-state index contributed by atoms with van der Waals surface area (Å²) in [7, 11) is 0. The Kier molecular flexibility index (Phi) is 14.2. The SMILES string of the molecule is C[Si](C)=[Zr+2].Clc1ccc(-c2cccc3[cH-]ccc23)cc1.[C-]1=CC=CC1.[Cl-].[Cl-]. The fourth-order valence-electron chi connectivity index (χ4n) is 2.38.